The maximum absolute atomic E-state index is 13.9. The SMILES string of the molecule is Cc1cc(-c2nc3cc(C(C)(C)C)c(Cl)nn3c2-c2ccnc(N)c2)ccc1F. The van der Waals surface area contributed by atoms with Crippen LogP contribution in [-0.2, 0) is 5.41 Å². The van der Waals surface area contributed by atoms with Gasteiger partial charge in [-0.2, -0.15) is 5.10 Å². The van der Waals surface area contributed by atoms with Crippen molar-refractivity contribution in [3.8, 4) is 22.5 Å². The lowest BCUT2D eigenvalue weighted by atomic mass is 9.88. The zero-order valence-corrected chi connectivity index (χ0v) is 17.4. The third-order valence-electron chi connectivity index (χ3n) is 4.86. The molecule has 0 radical (unpaired) electrons. The second kappa shape index (κ2) is 6.81. The van der Waals surface area contributed by atoms with Gasteiger partial charge in [-0.1, -0.05) is 32.4 Å². The Labute approximate surface area is 173 Å². The van der Waals surface area contributed by atoms with Gasteiger partial charge in [0.25, 0.3) is 0 Å². The van der Waals surface area contributed by atoms with Gasteiger partial charge in [0.15, 0.2) is 10.8 Å². The number of aryl methyl sites for hydroxylation is 1. The molecule has 0 saturated carbocycles. The highest BCUT2D eigenvalue weighted by Crippen LogP contribution is 2.36. The maximum atomic E-state index is 13.9. The van der Waals surface area contributed by atoms with E-state index in [1.807, 2.05) is 12.1 Å². The number of rotatable bonds is 2. The Bertz CT molecular complexity index is 1240. The molecule has 1 aromatic carbocycles. The van der Waals surface area contributed by atoms with Crippen LogP contribution in [0.2, 0.25) is 5.15 Å². The van der Waals surface area contributed by atoms with E-state index in [4.69, 9.17) is 22.3 Å². The summed E-state index contributed by atoms with van der Waals surface area (Å²) in [5.41, 5.74) is 10.8. The normalized spacial score (nSPS) is 11.9. The van der Waals surface area contributed by atoms with E-state index in [1.54, 1.807) is 35.8 Å². The van der Waals surface area contributed by atoms with Crippen LogP contribution in [0.15, 0.2) is 42.6 Å². The zero-order chi connectivity index (χ0) is 20.9. The third kappa shape index (κ3) is 3.44. The van der Waals surface area contributed by atoms with Gasteiger partial charge in [-0.15, -0.1) is 0 Å². The standard InChI is InChI=1S/C22H21ClFN5/c1-12-9-13(5-6-16(12)24)19-20(14-7-8-26-17(25)10-14)29-18(27-19)11-15(21(23)28-29)22(2,3)4/h5-11H,1-4H3,(H2,25,26). The van der Waals surface area contributed by atoms with Crippen LogP contribution in [0, 0.1) is 12.7 Å². The van der Waals surface area contributed by atoms with E-state index < -0.39 is 0 Å². The van der Waals surface area contributed by atoms with Gasteiger partial charge < -0.3 is 5.73 Å². The minimum absolute atomic E-state index is 0.189. The van der Waals surface area contributed by atoms with E-state index in [0.29, 0.717) is 27.9 Å². The van der Waals surface area contributed by atoms with Crippen LogP contribution >= 0.6 is 11.6 Å². The number of nitrogen functional groups attached to an aromatic ring is 1. The molecule has 0 unspecified atom stereocenters. The average molecular weight is 410 g/mol. The second-order valence-corrected chi connectivity index (χ2v) is 8.47. The van der Waals surface area contributed by atoms with Crippen LogP contribution in [0.4, 0.5) is 10.2 Å². The van der Waals surface area contributed by atoms with Crippen LogP contribution in [0.1, 0.15) is 31.9 Å². The minimum Gasteiger partial charge on any atom is -0.384 e. The topological polar surface area (TPSA) is 69.1 Å². The number of imidazole rings is 1. The molecule has 5 nitrogen and oxygen atoms in total. The summed E-state index contributed by atoms with van der Waals surface area (Å²) in [7, 11) is 0. The first-order chi connectivity index (χ1) is 13.6. The molecular weight excluding hydrogens is 389 g/mol. The minimum atomic E-state index is -0.261. The molecule has 4 aromatic rings. The number of benzene rings is 1. The molecule has 0 aliphatic carbocycles. The number of hydrogen-bond donors (Lipinski definition) is 1. The van der Waals surface area contributed by atoms with Gasteiger partial charge >= 0.3 is 0 Å². The quantitative estimate of drug-likeness (QED) is 0.478. The highest BCUT2D eigenvalue weighted by atomic mass is 35.5. The largest absolute Gasteiger partial charge is 0.384 e. The summed E-state index contributed by atoms with van der Waals surface area (Å²) >= 11 is 6.53. The maximum Gasteiger partial charge on any atom is 0.155 e. The highest BCUT2D eigenvalue weighted by molar-refractivity contribution is 6.30. The summed E-state index contributed by atoms with van der Waals surface area (Å²) < 4.78 is 15.6. The Morgan fingerprint density at radius 3 is 2.48 bits per heavy atom. The molecule has 0 aliphatic heterocycles. The van der Waals surface area contributed by atoms with Gasteiger partial charge in [0, 0.05) is 22.9 Å². The number of pyridine rings is 1. The molecule has 0 spiro atoms. The summed E-state index contributed by atoms with van der Waals surface area (Å²) in [6, 6.07) is 10.5. The lowest BCUT2D eigenvalue weighted by Gasteiger charge is -2.19. The van der Waals surface area contributed by atoms with Gasteiger partial charge in [0.2, 0.25) is 0 Å². The molecule has 0 aliphatic rings. The molecule has 0 fully saturated rings. The van der Waals surface area contributed by atoms with Crippen molar-refractivity contribution in [1.29, 1.82) is 0 Å². The number of halogens is 2. The van der Waals surface area contributed by atoms with Crippen molar-refractivity contribution >= 4 is 23.1 Å². The fourth-order valence-electron chi connectivity index (χ4n) is 3.33. The lowest BCUT2D eigenvalue weighted by molar-refractivity contribution is 0.585. The third-order valence-corrected chi connectivity index (χ3v) is 5.14. The van der Waals surface area contributed by atoms with Crippen molar-refractivity contribution in [3.05, 3.63) is 64.7 Å². The first-order valence-electron chi connectivity index (χ1n) is 9.23. The van der Waals surface area contributed by atoms with Crippen LogP contribution < -0.4 is 5.73 Å². The Morgan fingerprint density at radius 2 is 1.83 bits per heavy atom. The van der Waals surface area contributed by atoms with Crippen molar-refractivity contribution in [2.24, 2.45) is 0 Å². The monoisotopic (exact) mass is 409 g/mol. The molecule has 0 saturated heterocycles. The van der Waals surface area contributed by atoms with Crippen LogP contribution in [0.25, 0.3) is 28.2 Å². The predicted octanol–water partition coefficient (Wildman–Crippen LogP) is 5.44. The Balaban J connectivity index is 2.08. The van der Waals surface area contributed by atoms with E-state index in [2.05, 4.69) is 30.9 Å². The van der Waals surface area contributed by atoms with E-state index in [9.17, 15) is 4.39 Å². The fourth-order valence-corrected chi connectivity index (χ4v) is 3.74. The lowest BCUT2D eigenvalue weighted by Crippen LogP contribution is -2.14. The first-order valence-corrected chi connectivity index (χ1v) is 9.61. The summed E-state index contributed by atoms with van der Waals surface area (Å²) in [6.07, 6.45) is 1.63. The van der Waals surface area contributed by atoms with E-state index in [-0.39, 0.29) is 11.2 Å². The number of nitrogens with zero attached hydrogens (tertiary/aromatic N) is 4. The van der Waals surface area contributed by atoms with Crippen molar-refractivity contribution in [1.82, 2.24) is 19.6 Å². The highest BCUT2D eigenvalue weighted by Gasteiger charge is 2.24. The smallest absolute Gasteiger partial charge is 0.155 e. The van der Waals surface area contributed by atoms with Crippen molar-refractivity contribution < 1.29 is 4.39 Å². The van der Waals surface area contributed by atoms with Gasteiger partial charge in [0.1, 0.15) is 17.3 Å². The number of hydrogen-bond acceptors (Lipinski definition) is 4. The molecule has 3 heterocycles. The van der Waals surface area contributed by atoms with Crippen LogP contribution in [0.3, 0.4) is 0 Å². The Hall–Kier alpha value is -2.99. The number of aromatic nitrogens is 4. The molecule has 2 N–H and O–H groups in total. The number of fused-ring (bicyclic) bond motifs is 1. The fraction of sp³-hybridized carbons (Fsp3) is 0.227. The molecule has 4 rings (SSSR count). The molecule has 0 bridgehead atoms. The van der Waals surface area contributed by atoms with Gasteiger partial charge in [-0.05, 0) is 54.3 Å². The molecule has 148 valence electrons. The van der Waals surface area contributed by atoms with E-state index in [0.717, 1.165) is 22.4 Å². The predicted molar refractivity (Wildman–Crippen MR) is 114 cm³/mol. The van der Waals surface area contributed by atoms with E-state index >= 15 is 0 Å². The van der Waals surface area contributed by atoms with Crippen LogP contribution in [-0.4, -0.2) is 19.6 Å². The summed E-state index contributed by atoms with van der Waals surface area (Å²) in [5, 5.41) is 5.03. The average Bonchev–Trinajstić information content (AvgIpc) is 3.00. The molecular formula is C22H21ClFN5. The summed E-state index contributed by atoms with van der Waals surface area (Å²) in [6.45, 7) is 7.95. The van der Waals surface area contributed by atoms with Gasteiger partial charge in [-0.25, -0.2) is 18.9 Å². The number of anilines is 1. The van der Waals surface area contributed by atoms with Gasteiger partial charge in [0.05, 0.1) is 5.69 Å². The van der Waals surface area contributed by atoms with Crippen molar-refractivity contribution in [3.63, 3.8) is 0 Å². The Morgan fingerprint density at radius 1 is 1.07 bits per heavy atom. The van der Waals surface area contributed by atoms with Crippen LogP contribution in [0.5, 0.6) is 0 Å². The molecule has 3 aromatic heterocycles. The summed E-state index contributed by atoms with van der Waals surface area (Å²) in [5.74, 6) is 0.125. The molecule has 0 amide bonds. The second-order valence-electron chi connectivity index (χ2n) is 8.11. The number of nitrogens with two attached hydrogens (primary N) is 1. The van der Waals surface area contributed by atoms with Gasteiger partial charge in [-0.3, -0.25) is 0 Å². The zero-order valence-electron chi connectivity index (χ0n) is 16.7. The molecule has 29 heavy (non-hydrogen) atoms. The first kappa shape index (κ1) is 19.3. The Kier molecular flexibility index (Phi) is 4.54. The molecule has 0 atom stereocenters. The summed E-state index contributed by atoms with van der Waals surface area (Å²) in [4.78, 5) is 8.91. The molecule has 7 heteroatoms. The van der Waals surface area contributed by atoms with Crippen molar-refractivity contribution in [2.45, 2.75) is 33.1 Å². The van der Waals surface area contributed by atoms with Crippen molar-refractivity contribution in [2.75, 3.05) is 5.73 Å². The van der Waals surface area contributed by atoms with E-state index in [1.165, 1.54) is 6.07 Å².